The summed E-state index contributed by atoms with van der Waals surface area (Å²) in [5, 5.41) is 3.25. The number of ether oxygens (including phenoxy) is 1. The monoisotopic (exact) mass is 304 g/mol. The fraction of sp³-hybridized carbons (Fsp3) is 0.0667. The van der Waals surface area contributed by atoms with Crippen LogP contribution in [-0.2, 0) is 4.79 Å². The van der Waals surface area contributed by atoms with E-state index in [1.54, 1.807) is 42.5 Å². The Morgan fingerprint density at radius 3 is 2.62 bits per heavy atom. The van der Waals surface area contributed by atoms with Crippen LogP contribution in [0.5, 0.6) is 5.75 Å². The first-order valence-electron chi connectivity index (χ1n) is 6.12. The maximum atomic E-state index is 12.1. The molecule has 108 valence electrons. The number of benzene rings is 2. The van der Waals surface area contributed by atoms with Gasteiger partial charge in [0.25, 0.3) is 11.8 Å². The lowest BCUT2D eigenvalue weighted by atomic mass is 10.2. The molecule has 0 heterocycles. The number of hydrogen-bond acceptors (Lipinski definition) is 3. The van der Waals surface area contributed by atoms with E-state index in [4.69, 9.17) is 22.1 Å². The highest BCUT2D eigenvalue weighted by molar-refractivity contribution is 6.30. The molecule has 0 unspecified atom stereocenters. The average Bonchev–Trinajstić information content (AvgIpc) is 2.45. The fourth-order valence-electron chi connectivity index (χ4n) is 1.65. The van der Waals surface area contributed by atoms with Gasteiger partial charge in [-0.15, -0.1) is 0 Å². The average molecular weight is 305 g/mol. The van der Waals surface area contributed by atoms with Crippen molar-refractivity contribution in [2.75, 3.05) is 11.9 Å². The van der Waals surface area contributed by atoms with Crippen molar-refractivity contribution in [3.05, 3.63) is 59.1 Å². The minimum Gasteiger partial charge on any atom is -0.484 e. The molecule has 0 bridgehead atoms. The van der Waals surface area contributed by atoms with Gasteiger partial charge in [0, 0.05) is 16.3 Å². The maximum Gasteiger partial charge on any atom is 0.255 e. The van der Waals surface area contributed by atoms with Crippen molar-refractivity contribution in [3.63, 3.8) is 0 Å². The Bertz CT molecular complexity index is 673. The van der Waals surface area contributed by atoms with E-state index in [1.807, 2.05) is 0 Å². The van der Waals surface area contributed by atoms with Crippen molar-refractivity contribution in [2.45, 2.75) is 0 Å². The van der Waals surface area contributed by atoms with Crippen molar-refractivity contribution in [2.24, 2.45) is 5.73 Å². The Kier molecular flexibility index (Phi) is 4.79. The molecule has 0 aliphatic carbocycles. The van der Waals surface area contributed by atoms with Gasteiger partial charge in [0.05, 0.1) is 0 Å². The molecule has 0 radical (unpaired) electrons. The third-order valence-electron chi connectivity index (χ3n) is 2.56. The highest BCUT2D eigenvalue weighted by Crippen LogP contribution is 2.18. The van der Waals surface area contributed by atoms with Crippen LogP contribution in [0.15, 0.2) is 48.5 Å². The summed E-state index contributed by atoms with van der Waals surface area (Å²) in [4.78, 5) is 22.8. The fourth-order valence-corrected chi connectivity index (χ4v) is 1.84. The zero-order valence-electron chi connectivity index (χ0n) is 11.0. The molecule has 0 atom stereocenters. The van der Waals surface area contributed by atoms with Crippen LogP contribution in [0.25, 0.3) is 0 Å². The Labute approximate surface area is 126 Å². The molecule has 0 spiro atoms. The second-order valence-electron chi connectivity index (χ2n) is 4.25. The summed E-state index contributed by atoms with van der Waals surface area (Å²) >= 11 is 5.86. The van der Waals surface area contributed by atoms with Gasteiger partial charge in [-0.1, -0.05) is 23.7 Å². The van der Waals surface area contributed by atoms with E-state index < -0.39 is 5.91 Å². The van der Waals surface area contributed by atoms with Gasteiger partial charge in [-0.25, -0.2) is 0 Å². The Morgan fingerprint density at radius 1 is 1.14 bits per heavy atom. The van der Waals surface area contributed by atoms with E-state index in [1.165, 1.54) is 6.07 Å². The molecule has 2 aromatic rings. The molecule has 0 saturated carbocycles. The number of halogens is 1. The number of amides is 2. The molecule has 21 heavy (non-hydrogen) atoms. The van der Waals surface area contributed by atoms with Crippen LogP contribution in [0.4, 0.5) is 5.69 Å². The van der Waals surface area contributed by atoms with Crippen LogP contribution in [0.1, 0.15) is 10.4 Å². The van der Waals surface area contributed by atoms with E-state index in [-0.39, 0.29) is 12.5 Å². The number of rotatable bonds is 5. The minimum absolute atomic E-state index is 0.237. The SMILES string of the molecule is NC(=O)COc1cccc(C(=O)Nc2cccc(Cl)c2)c1. The summed E-state index contributed by atoms with van der Waals surface area (Å²) in [6, 6.07) is 13.3. The van der Waals surface area contributed by atoms with Crippen molar-refractivity contribution >= 4 is 29.1 Å². The number of nitrogens with two attached hydrogens (primary N) is 1. The zero-order chi connectivity index (χ0) is 15.2. The Hall–Kier alpha value is -2.53. The number of carbonyl (C=O) groups excluding carboxylic acids is 2. The van der Waals surface area contributed by atoms with Crippen LogP contribution in [0, 0.1) is 0 Å². The topological polar surface area (TPSA) is 81.4 Å². The van der Waals surface area contributed by atoms with Crippen molar-refractivity contribution in [3.8, 4) is 5.75 Å². The second kappa shape index (κ2) is 6.76. The summed E-state index contributed by atoms with van der Waals surface area (Å²) in [7, 11) is 0. The number of anilines is 1. The summed E-state index contributed by atoms with van der Waals surface area (Å²) < 4.78 is 5.15. The summed E-state index contributed by atoms with van der Waals surface area (Å²) in [5.74, 6) is -0.488. The van der Waals surface area contributed by atoms with Crippen LogP contribution in [0.3, 0.4) is 0 Å². The maximum absolute atomic E-state index is 12.1. The van der Waals surface area contributed by atoms with Crippen LogP contribution < -0.4 is 15.8 Å². The van der Waals surface area contributed by atoms with Crippen molar-refractivity contribution in [1.29, 1.82) is 0 Å². The smallest absolute Gasteiger partial charge is 0.255 e. The highest BCUT2D eigenvalue weighted by Gasteiger charge is 2.08. The van der Waals surface area contributed by atoms with Crippen molar-refractivity contribution < 1.29 is 14.3 Å². The van der Waals surface area contributed by atoms with E-state index >= 15 is 0 Å². The quantitative estimate of drug-likeness (QED) is 0.890. The molecule has 0 saturated heterocycles. The van der Waals surface area contributed by atoms with Gasteiger partial charge in [0.1, 0.15) is 5.75 Å². The third-order valence-corrected chi connectivity index (χ3v) is 2.79. The predicted octanol–water partition coefficient (Wildman–Crippen LogP) is 2.46. The van der Waals surface area contributed by atoms with Crippen molar-refractivity contribution in [1.82, 2.24) is 0 Å². The second-order valence-corrected chi connectivity index (χ2v) is 4.68. The third kappa shape index (κ3) is 4.50. The largest absolute Gasteiger partial charge is 0.484 e. The van der Waals surface area contributed by atoms with Gasteiger partial charge in [0.2, 0.25) is 0 Å². The standard InChI is InChI=1S/C15H13ClN2O3/c16-11-4-2-5-12(8-11)18-15(20)10-3-1-6-13(7-10)21-9-14(17)19/h1-8H,9H2,(H2,17,19)(H,18,20). The van der Waals surface area contributed by atoms with E-state index in [0.717, 1.165) is 0 Å². The first-order chi connectivity index (χ1) is 10.0. The Balaban J connectivity index is 2.08. The molecular formula is C15H13ClN2O3. The lowest BCUT2D eigenvalue weighted by Crippen LogP contribution is -2.20. The van der Waals surface area contributed by atoms with Gasteiger partial charge in [-0.2, -0.15) is 0 Å². The van der Waals surface area contributed by atoms with E-state index in [0.29, 0.717) is 22.0 Å². The molecular weight excluding hydrogens is 292 g/mol. The van der Waals surface area contributed by atoms with Crippen LogP contribution in [0.2, 0.25) is 5.02 Å². The Morgan fingerprint density at radius 2 is 1.90 bits per heavy atom. The molecule has 5 nitrogen and oxygen atoms in total. The van der Waals surface area contributed by atoms with Crippen LogP contribution >= 0.6 is 11.6 Å². The molecule has 0 fully saturated rings. The van der Waals surface area contributed by atoms with Crippen LogP contribution in [-0.4, -0.2) is 18.4 Å². The number of hydrogen-bond donors (Lipinski definition) is 2. The molecule has 6 heteroatoms. The highest BCUT2D eigenvalue weighted by atomic mass is 35.5. The molecule has 0 aromatic heterocycles. The normalized spacial score (nSPS) is 9.95. The minimum atomic E-state index is -0.580. The van der Waals surface area contributed by atoms with E-state index in [9.17, 15) is 9.59 Å². The molecule has 0 aliphatic heterocycles. The number of primary amides is 1. The number of nitrogens with one attached hydrogen (secondary N) is 1. The van der Waals surface area contributed by atoms with Gasteiger partial charge in [-0.05, 0) is 36.4 Å². The van der Waals surface area contributed by atoms with Gasteiger partial charge >= 0.3 is 0 Å². The summed E-state index contributed by atoms with van der Waals surface area (Å²) in [6.07, 6.45) is 0. The lowest BCUT2D eigenvalue weighted by Gasteiger charge is -2.08. The molecule has 2 aromatic carbocycles. The molecule has 0 aliphatic rings. The zero-order valence-corrected chi connectivity index (χ0v) is 11.8. The van der Waals surface area contributed by atoms with Gasteiger partial charge in [0.15, 0.2) is 6.61 Å². The summed E-state index contributed by atoms with van der Waals surface area (Å²) in [6.45, 7) is -0.237. The van der Waals surface area contributed by atoms with Gasteiger partial charge < -0.3 is 15.8 Å². The summed E-state index contributed by atoms with van der Waals surface area (Å²) in [5.41, 5.74) is 5.99. The first-order valence-corrected chi connectivity index (χ1v) is 6.50. The lowest BCUT2D eigenvalue weighted by molar-refractivity contribution is -0.119. The van der Waals surface area contributed by atoms with Gasteiger partial charge in [-0.3, -0.25) is 9.59 Å². The van der Waals surface area contributed by atoms with E-state index in [2.05, 4.69) is 5.32 Å². The molecule has 2 rings (SSSR count). The molecule has 3 N–H and O–H groups in total. The first kappa shape index (κ1) is 14.9. The number of carbonyl (C=O) groups is 2. The molecule has 2 amide bonds. The predicted molar refractivity (Wildman–Crippen MR) is 80.5 cm³/mol.